The highest BCUT2D eigenvalue weighted by Crippen LogP contribution is 2.24. The summed E-state index contributed by atoms with van der Waals surface area (Å²) < 4.78 is 24.5. The first kappa shape index (κ1) is 16.0. The van der Waals surface area contributed by atoms with Crippen LogP contribution < -0.4 is 5.32 Å². The molecule has 21 heavy (non-hydrogen) atoms. The van der Waals surface area contributed by atoms with Gasteiger partial charge in [-0.2, -0.15) is 5.26 Å². The van der Waals surface area contributed by atoms with Gasteiger partial charge in [-0.1, -0.05) is 12.5 Å². The molecule has 1 fully saturated rings. The van der Waals surface area contributed by atoms with Crippen molar-refractivity contribution in [3.05, 3.63) is 29.8 Å². The van der Waals surface area contributed by atoms with E-state index in [4.69, 9.17) is 5.26 Å². The lowest BCUT2D eigenvalue weighted by molar-refractivity contribution is 0.206. The van der Waals surface area contributed by atoms with Crippen LogP contribution in [-0.2, 0) is 9.84 Å². The summed E-state index contributed by atoms with van der Waals surface area (Å²) in [5.41, 5.74) is 0.347. The molecule has 1 aliphatic rings. The van der Waals surface area contributed by atoms with Gasteiger partial charge in [0.05, 0.1) is 22.3 Å². The number of nitrogens with one attached hydrogen (secondary N) is 1. The van der Waals surface area contributed by atoms with Crippen molar-refractivity contribution in [3.8, 4) is 6.07 Å². The molecule has 2 rings (SSSR count). The molecule has 0 radical (unpaired) electrons. The summed E-state index contributed by atoms with van der Waals surface area (Å²) in [6.07, 6.45) is 3.04. The normalized spacial score (nSPS) is 22.1. The lowest BCUT2D eigenvalue weighted by atomic mass is 10.1. The van der Waals surface area contributed by atoms with Crippen LogP contribution in [0.3, 0.4) is 0 Å². The summed E-state index contributed by atoms with van der Waals surface area (Å²) in [5, 5.41) is 21.3. The van der Waals surface area contributed by atoms with Crippen LogP contribution in [0.1, 0.15) is 24.8 Å². The van der Waals surface area contributed by atoms with Gasteiger partial charge in [0.15, 0.2) is 9.84 Å². The van der Waals surface area contributed by atoms with E-state index in [9.17, 15) is 13.5 Å². The van der Waals surface area contributed by atoms with Crippen LogP contribution in [-0.4, -0.2) is 38.5 Å². The topological polar surface area (TPSA) is 90.2 Å². The van der Waals surface area contributed by atoms with E-state index in [0.717, 1.165) is 19.3 Å². The molecule has 0 saturated heterocycles. The summed E-state index contributed by atoms with van der Waals surface area (Å²) in [4.78, 5) is 0.188. The van der Waals surface area contributed by atoms with E-state index in [1.54, 1.807) is 12.1 Å². The standard InChI is InChI=1S/C15H20N2O3S/c16-10-12-3-1-5-14(9-12)21(19,20)8-7-17-15-6-2-4-13(15)11-18/h1,3,5,9,13,15,17-18H,2,4,6-8,11H2. The number of sulfone groups is 1. The molecule has 1 aromatic rings. The largest absolute Gasteiger partial charge is 0.396 e. The Hall–Kier alpha value is -1.42. The van der Waals surface area contributed by atoms with Gasteiger partial charge >= 0.3 is 0 Å². The lowest BCUT2D eigenvalue weighted by Gasteiger charge is -2.18. The van der Waals surface area contributed by atoms with Crippen LogP contribution in [0.25, 0.3) is 0 Å². The van der Waals surface area contributed by atoms with Gasteiger partial charge in [0.2, 0.25) is 0 Å². The molecule has 0 amide bonds. The zero-order chi connectivity index (χ0) is 15.3. The molecule has 0 heterocycles. The first-order valence-electron chi connectivity index (χ1n) is 7.14. The van der Waals surface area contributed by atoms with Crippen molar-refractivity contribution in [2.45, 2.75) is 30.2 Å². The first-order valence-corrected chi connectivity index (χ1v) is 8.79. The SMILES string of the molecule is N#Cc1cccc(S(=O)(=O)CCNC2CCCC2CO)c1. The summed E-state index contributed by atoms with van der Waals surface area (Å²) in [6, 6.07) is 8.24. The van der Waals surface area contributed by atoms with E-state index in [-0.39, 0.29) is 29.2 Å². The van der Waals surface area contributed by atoms with Crippen LogP contribution in [0.5, 0.6) is 0 Å². The molecule has 2 atom stereocenters. The van der Waals surface area contributed by atoms with Gasteiger partial charge in [0, 0.05) is 19.2 Å². The summed E-state index contributed by atoms with van der Waals surface area (Å²) in [7, 11) is -3.38. The Bertz CT molecular complexity index is 622. The van der Waals surface area contributed by atoms with Crippen LogP contribution in [0.2, 0.25) is 0 Å². The Morgan fingerprint density at radius 3 is 2.90 bits per heavy atom. The van der Waals surface area contributed by atoms with Gasteiger partial charge in [-0.3, -0.25) is 0 Å². The average Bonchev–Trinajstić information content (AvgIpc) is 2.94. The Labute approximate surface area is 125 Å². The predicted molar refractivity (Wildman–Crippen MR) is 79.4 cm³/mol. The number of nitriles is 1. The average molecular weight is 308 g/mol. The molecular formula is C15H20N2O3S. The minimum absolute atomic E-state index is 0.00344. The third-order valence-corrected chi connectivity index (χ3v) is 5.71. The molecule has 0 aromatic heterocycles. The van der Waals surface area contributed by atoms with Gasteiger partial charge < -0.3 is 10.4 Å². The highest BCUT2D eigenvalue weighted by atomic mass is 32.2. The second-order valence-corrected chi connectivity index (χ2v) is 7.50. The fourth-order valence-electron chi connectivity index (χ4n) is 2.78. The Kier molecular flexibility index (Phi) is 5.34. The molecule has 1 aliphatic carbocycles. The molecular weight excluding hydrogens is 288 g/mol. The Morgan fingerprint density at radius 2 is 2.19 bits per heavy atom. The zero-order valence-electron chi connectivity index (χ0n) is 11.8. The maximum atomic E-state index is 12.2. The molecule has 114 valence electrons. The van der Waals surface area contributed by atoms with Crippen molar-refractivity contribution in [3.63, 3.8) is 0 Å². The van der Waals surface area contributed by atoms with Gasteiger partial charge in [0.1, 0.15) is 0 Å². The molecule has 1 saturated carbocycles. The van der Waals surface area contributed by atoms with Crippen molar-refractivity contribution in [2.75, 3.05) is 18.9 Å². The van der Waals surface area contributed by atoms with Gasteiger partial charge in [0.25, 0.3) is 0 Å². The fraction of sp³-hybridized carbons (Fsp3) is 0.533. The van der Waals surface area contributed by atoms with E-state index < -0.39 is 9.84 Å². The molecule has 0 bridgehead atoms. The van der Waals surface area contributed by atoms with Gasteiger partial charge in [-0.25, -0.2) is 8.42 Å². The van der Waals surface area contributed by atoms with E-state index in [1.807, 2.05) is 6.07 Å². The van der Waals surface area contributed by atoms with Crippen molar-refractivity contribution >= 4 is 9.84 Å². The second-order valence-electron chi connectivity index (χ2n) is 5.39. The quantitative estimate of drug-likeness (QED) is 0.821. The molecule has 0 aliphatic heterocycles. The number of aliphatic hydroxyl groups is 1. The summed E-state index contributed by atoms with van der Waals surface area (Å²) in [5.74, 6) is 0.228. The molecule has 1 aromatic carbocycles. The van der Waals surface area contributed by atoms with Crippen LogP contribution in [0.15, 0.2) is 29.2 Å². The van der Waals surface area contributed by atoms with E-state index in [0.29, 0.717) is 12.1 Å². The fourth-order valence-corrected chi connectivity index (χ4v) is 3.99. The molecule has 5 nitrogen and oxygen atoms in total. The van der Waals surface area contributed by atoms with Crippen LogP contribution >= 0.6 is 0 Å². The minimum atomic E-state index is -3.38. The van der Waals surface area contributed by atoms with E-state index in [1.165, 1.54) is 12.1 Å². The maximum absolute atomic E-state index is 12.2. The van der Waals surface area contributed by atoms with Crippen LogP contribution in [0.4, 0.5) is 0 Å². The first-order chi connectivity index (χ1) is 10.1. The molecule has 2 N–H and O–H groups in total. The van der Waals surface area contributed by atoms with E-state index in [2.05, 4.69) is 5.32 Å². The Balaban J connectivity index is 1.94. The third-order valence-electron chi connectivity index (χ3n) is 3.99. The molecule has 0 spiro atoms. The van der Waals surface area contributed by atoms with Crippen molar-refractivity contribution in [1.29, 1.82) is 5.26 Å². The predicted octanol–water partition coefficient (Wildman–Crippen LogP) is 1.08. The Morgan fingerprint density at radius 1 is 1.38 bits per heavy atom. The van der Waals surface area contributed by atoms with E-state index >= 15 is 0 Å². The van der Waals surface area contributed by atoms with Crippen molar-refractivity contribution < 1.29 is 13.5 Å². The molecule has 6 heteroatoms. The smallest absolute Gasteiger partial charge is 0.179 e. The summed E-state index contributed by atoms with van der Waals surface area (Å²) in [6.45, 7) is 0.509. The highest BCUT2D eigenvalue weighted by Gasteiger charge is 2.26. The monoisotopic (exact) mass is 308 g/mol. The van der Waals surface area contributed by atoms with Gasteiger partial charge in [-0.15, -0.1) is 0 Å². The van der Waals surface area contributed by atoms with Crippen molar-refractivity contribution in [1.82, 2.24) is 5.32 Å². The third kappa shape index (κ3) is 4.03. The number of aliphatic hydroxyl groups excluding tert-OH is 1. The summed E-state index contributed by atoms with van der Waals surface area (Å²) >= 11 is 0. The minimum Gasteiger partial charge on any atom is -0.396 e. The number of rotatable bonds is 6. The highest BCUT2D eigenvalue weighted by molar-refractivity contribution is 7.91. The number of hydrogen-bond acceptors (Lipinski definition) is 5. The van der Waals surface area contributed by atoms with Crippen molar-refractivity contribution in [2.24, 2.45) is 5.92 Å². The van der Waals surface area contributed by atoms with Gasteiger partial charge in [-0.05, 0) is 37.0 Å². The second kappa shape index (κ2) is 7.03. The maximum Gasteiger partial charge on any atom is 0.179 e. The number of hydrogen-bond donors (Lipinski definition) is 2. The zero-order valence-corrected chi connectivity index (χ0v) is 12.6. The number of benzene rings is 1. The number of nitrogens with zero attached hydrogens (tertiary/aromatic N) is 1. The van der Waals surface area contributed by atoms with Crippen LogP contribution in [0, 0.1) is 17.2 Å². The molecule has 2 unspecified atom stereocenters. The lowest BCUT2D eigenvalue weighted by Crippen LogP contribution is -2.37.